The standard InChI is InChI=1S/C12H21Cl3O/c13-12(14,15)10-16-9-11-7-5-3-1-2-4-6-8-11/h11H,1-10H2. The summed E-state index contributed by atoms with van der Waals surface area (Å²) in [6.45, 7) is 0.947. The molecule has 96 valence electrons. The third-order valence-electron chi connectivity index (χ3n) is 3.09. The van der Waals surface area contributed by atoms with E-state index in [0.717, 1.165) is 6.61 Å². The first-order valence-corrected chi connectivity index (χ1v) is 7.36. The lowest BCUT2D eigenvalue weighted by Crippen LogP contribution is -2.17. The zero-order valence-electron chi connectivity index (χ0n) is 9.69. The molecule has 0 aromatic heterocycles. The largest absolute Gasteiger partial charge is 0.377 e. The zero-order valence-corrected chi connectivity index (χ0v) is 12.0. The van der Waals surface area contributed by atoms with Crippen molar-refractivity contribution in [2.24, 2.45) is 5.92 Å². The Kier molecular flexibility index (Phi) is 7.47. The first-order valence-electron chi connectivity index (χ1n) is 6.22. The predicted octanol–water partition coefficient (Wildman–Crippen LogP) is 5.12. The fraction of sp³-hybridized carbons (Fsp3) is 1.00. The monoisotopic (exact) mass is 286 g/mol. The van der Waals surface area contributed by atoms with Gasteiger partial charge in [0.1, 0.15) is 0 Å². The second kappa shape index (κ2) is 8.02. The quantitative estimate of drug-likeness (QED) is 0.654. The summed E-state index contributed by atoms with van der Waals surface area (Å²) >= 11 is 16.9. The van der Waals surface area contributed by atoms with E-state index in [4.69, 9.17) is 39.5 Å². The summed E-state index contributed by atoms with van der Waals surface area (Å²) < 4.78 is 4.21. The average Bonchev–Trinajstić information content (AvgIpc) is 2.29. The minimum Gasteiger partial charge on any atom is -0.377 e. The summed E-state index contributed by atoms with van der Waals surface area (Å²) in [6, 6.07) is 0. The third kappa shape index (κ3) is 8.00. The van der Waals surface area contributed by atoms with Crippen molar-refractivity contribution in [3.05, 3.63) is 0 Å². The maximum absolute atomic E-state index is 5.64. The van der Waals surface area contributed by atoms with Gasteiger partial charge >= 0.3 is 0 Å². The molecule has 0 amide bonds. The van der Waals surface area contributed by atoms with E-state index in [-0.39, 0.29) is 6.61 Å². The molecule has 1 fully saturated rings. The number of ether oxygens (including phenoxy) is 1. The maximum Gasteiger partial charge on any atom is 0.213 e. The van der Waals surface area contributed by atoms with Crippen LogP contribution in [0, 0.1) is 5.92 Å². The summed E-state index contributed by atoms with van der Waals surface area (Å²) in [5.41, 5.74) is 0. The van der Waals surface area contributed by atoms with E-state index in [1.54, 1.807) is 0 Å². The molecule has 1 aliphatic rings. The minimum atomic E-state index is -1.27. The summed E-state index contributed by atoms with van der Waals surface area (Å²) in [6.07, 6.45) is 10.7. The van der Waals surface area contributed by atoms with E-state index in [2.05, 4.69) is 0 Å². The van der Waals surface area contributed by atoms with Gasteiger partial charge in [-0.2, -0.15) is 0 Å². The number of rotatable bonds is 3. The fourth-order valence-electron chi connectivity index (χ4n) is 2.23. The van der Waals surface area contributed by atoms with E-state index in [0.29, 0.717) is 5.92 Å². The molecule has 1 aliphatic carbocycles. The maximum atomic E-state index is 5.64. The number of halogens is 3. The van der Waals surface area contributed by atoms with E-state index >= 15 is 0 Å². The molecule has 0 bridgehead atoms. The highest BCUT2D eigenvalue weighted by Crippen LogP contribution is 2.27. The van der Waals surface area contributed by atoms with Gasteiger partial charge in [-0.1, -0.05) is 73.3 Å². The molecule has 0 aromatic carbocycles. The normalized spacial score (nSPS) is 21.2. The second-order valence-corrected chi connectivity index (χ2v) is 7.21. The first-order chi connectivity index (χ1) is 7.58. The molecule has 0 radical (unpaired) electrons. The summed E-state index contributed by atoms with van der Waals surface area (Å²) in [4.78, 5) is 0. The molecular formula is C12H21Cl3O. The highest BCUT2D eigenvalue weighted by Gasteiger charge is 2.20. The Balaban J connectivity index is 2.17. The summed E-state index contributed by atoms with van der Waals surface area (Å²) in [7, 11) is 0. The molecule has 0 saturated heterocycles. The highest BCUT2D eigenvalue weighted by atomic mass is 35.6. The van der Waals surface area contributed by atoms with Gasteiger partial charge in [-0.25, -0.2) is 0 Å². The molecule has 0 heterocycles. The summed E-state index contributed by atoms with van der Waals surface area (Å²) in [5.74, 6) is 0.658. The molecule has 1 rings (SSSR count). The molecule has 0 spiro atoms. The van der Waals surface area contributed by atoms with Crippen LogP contribution in [0.3, 0.4) is 0 Å². The first kappa shape index (κ1) is 14.9. The number of alkyl halides is 3. The van der Waals surface area contributed by atoms with Gasteiger partial charge in [0, 0.05) is 6.61 Å². The SMILES string of the molecule is ClC(Cl)(Cl)COCC1CCCCCCCC1. The molecule has 16 heavy (non-hydrogen) atoms. The van der Waals surface area contributed by atoms with Crippen LogP contribution in [0.5, 0.6) is 0 Å². The van der Waals surface area contributed by atoms with Crippen molar-refractivity contribution in [2.75, 3.05) is 13.2 Å². The van der Waals surface area contributed by atoms with Crippen LogP contribution in [0.15, 0.2) is 0 Å². The molecule has 0 aliphatic heterocycles. The zero-order chi connectivity index (χ0) is 11.9. The highest BCUT2D eigenvalue weighted by molar-refractivity contribution is 6.67. The van der Waals surface area contributed by atoms with E-state index in [1.165, 1.54) is 51.4 Å². The van der Waals surface area contributed by atoms with E-state index in [9.17, 15) is 0 Å². The Morgan fingerprint density at radius 1 is 0.875 bits per heavy atom. The molecular weight excluding hydrogens is 266 g/mol. The lowest BCUT2D eigenvalue weighted by molar-refractivity contribution is 0.0955. The van der Waals surface area contributed by atoms with Crippen molar-refractivity contribution < 1.29 is 4.74 Å². The van der Waals surface area contributed by atoms with Crippen molar-refractivity contribution in [3.8, 4) is 0 Å². The Morgan fingerprint density at radius 3 is 1.88 bits per heavy atom. The van der Waals surface area contributed by atoms with E-state index in [1.807, 2.05) is 0 Å². The number of hydrogen-bond donors (Lipinski definition) is 0. The van der Waals surface area contributed by atoms with E-state index < -0.39 is 3.79 Å². The van der Waals surface area contributed by atoms with Crippen molar-refractivity contribution in [1.82, 2.24) is 0 Å². The van der Waals surface area contributed by atoms with Crippen LogP contribution in [0.25, 0.3) is 0 Å². The van der Waals surface area contributed by atoms with Crippen LogP contribution in [0.4, 0.5) is 0 Å². The topological polar surface area (TPSA) is 9.23 Å². The molecule has 1 saturated carbocycles. The smallest absolute Gasteiger partial charge is 0.213 e. The van der Waals surface area contributed by atoms with Gasteiger partial charge in [-0.15, -0.1) is 0 Å². The van der Waals surface area contributed by atoms with Crippen LogP contribution >= 0.6 is 34.8 Å². The van der Waals surface area contributed by atoms with Crippen molar-refractivity contribution in [3.63, 3.8) is 0 Å². The molecule has 1 nitrogen and oxygen atoms in total. The molecule has 0 N–H and O–H groups in total. The van der Waals surface area contributed by atoms with Crippen molar-refractivity contribution >= 4 is 34.8 Å². The minimum absolute atomic E-state index is 0.203. The molecule has 0 aromatic rings. The van der Waals surface area contributed by atoms with Crippen molar-refractivity contribution in [2.45, 2.75) is 55.2 Å². The summed E-state index contributed by atoms with van der Waals surface area (Å²) in [5, 5.41) is 0. The fourth-order valence-corrected chi connectivity index (χ4v) is 2.46. The third-order valence-corrected chi connectivity index (χ3v) is 3.42. The van der Waals surface area contributed by atoms with Crippen LogP contribution in [0.1, 0.15) is 51.4 Å². The predicted molar refractivity (Wildman–Crippen MR) is 71.5 cm³/mol. The lowest BCUT2D eigenvalue weighted by Gasteiger charge is -2.18. The van der Waals surface area contributed by atoms with Crippen molar-refractivity contribution in [1.29, 1.82) is 0 Å². The van der Waals surface area contributed by atoms with Gasteiger partial charge in [-0.3, -0.25) is 0 Å². The van der Waals surface area contributed by atoms with Crippen LogP contribution in [0.2, 0.25) is 0 Å². The Bertz CT molecular complexity index is 170. The Hall–Kier alpha value is 0.830. The Morgan fingerprint density at radius 2 is 1.38 bits per heavy atom. The van der Waals surface area contributed by atoms with Crippen LogP contribution in [-0.4, -0.2) is 17.0 Å². The van der Waals surface area contributed by atoms with Gasteiger partial charge in [-0.05, 0) is 18.8 Å². The van der Waals surface area contributed by atoms with Crippen LogP contribution < -0.4 is 0 Å². The lowest BCUT2D eigenvalue weighted by atomic mass is 9.98. The van der Waals surface area contributed by atoms with Gasteiger partial charge < -0.3 is 4.74 Å². The molecule has 0 atom stereocenters. The van der Waals surface area contributed by atoms with Gasteiger partial charge in [0.15, 0.2) is 0 Å². The van der Waals surface area contributed by atoms with Gasteiger partial charge in [0.05, 0.1) is 6.61 Å². The van der Waals surface area contributed by atoms with Gasteiger partial charge in [0.25, 0.3) is 0 Å². The number of hydrogen-bond acceptors (Lipinski definition) is 1. The second-order valence-electron chi connectivity index (χ2n) is 4.70. The van der Waals surface area contributed by atoms with Gasteiger partial charge in [0.2, 0.25) is 3.79 Å². The van der Waals surface area contributed by atoms with Crippen LogP contribution in [-0.2, 0) is 4.74 Å². The Labute approximate surface area is 114 Å². The molecule has 4 heteroatoms. The average molecular weight is 288 g/mol. The molecule has 0 unspecified atom stereocenters.